The van der Waals surface area contributed by atoms with E-state index in [-0.39, 0.29) is 18.5 Å². The van der Waals surface area contributed by atoms with E-state index < -0.39 is 0 Å². The minimum absolute atomic E-state index is 0.0510. The summed E-state index contributed by atoms with van der Waals surface area (Å²) in [6.45, 7) is 2.32. The highest BCUT2D eigenvalue weighted by molar-refractivity contribution is 7.15. The van der Waals surface area contributed by atoms with E-state index in [4.69, 9.17) is 0 Å². The van der Waals surface area contributed by atoms with Crippen LogP contribution < -0.4 is 10.6 Å². The van der Waals surface area contributed by atoms with E-state index in [1.807, 2.05) is 18.3 Å². The lowest BCUT2D eigenvalue weighted by Gasteiger charge is -2.14. The van der Waals surface area contributed by atoms with Crippen LogP contribution in [0.15, 0.2) is 48.8 Å². The molecular weight excluding hydrogens is 368 g/mol. The molecule has 0 saturated carbocycles. The quantitative estimate of drug-likeness (QED) is 0.654. The van der Waals surface area contributed by atoms with E-state index in [0.717, 1.165) is 34.7 Å². The van der Waals surface area contributed by atoms with Gasteiger partial charge in [0.2, 0.25) is 5.91 Å². The Morgan fingerprint density at radius 2 is 1.96 bits per heavy atom. The van der Waals surface area contributed by atoms with E-state index in [2.05, 4.69) is 51.8 Å². The lowest BCUT2D eigenvalue weighted by atomic mass is 10.0. The number of pyridine rings is 1. The third kappa shape index (κ3) is 4.46. The molecule has 0 saturated heterocycles. The zero-order valence-corrected chi connectivity index (χ0v) is 16.8. The van der Waals surface area contributed by atoms with Gasteiger partial charge in [0.25, 0.3) is 0 Å². The second-order valence-corrected chi connectivity index (χ2v) is 8.19. The van der Waals surface area contributed by atoms with E-state index in [1.165, 1.54) is 23.4 Å². The van der Waals surface area contributed by atoms with Crippen LogP contribution in [0.3, 0.4) is 0 Å². The van der Waals surface area contributed by atoms with Gasteiger partial charge in [0, 0.05) is 23.3 Å². The molecule has 3 aromatic rings. The number of anilines is 1. The predicted octanol–water partition coefficient (Wildman–Crippen LogP) is 4.37. The average Bonchev–Trinajstić information content (AvgIpc) is 3.15. The monoisotopic (exact) mass is 392 g/mol. The number of hydrogen-bond donors (Lipinski definition) is 2. The molecule has 28 heavy (non-hydrogen) atoms. The van der Waals surface area contributed by atoms with Gasteiger partial charge in [-0.1, -0.05) is 30.3 Å². The molecule has 5 nitrogen and oxygen atoms in total. The van der Waals surface area contributed by atoms with Gasteiger partial charge in [-0.15, -0.1) is 11.3 Å². The standard InChI is InChI=1S/C22H24N4OS/c1-15(16-8-10-17(11-9-16)18-5-4-12-23-13-18)24-14-21(27)26-22-25-19-6-2-3-7-20(19)28-22/h4-5,8-13,15,24H,2-3,6-7,14H2,1H3,(H,25,26,27)/t15-/m1/s1. The van der Waals surface area contributed by atoms with Crippen LogP contribution >= 0.6 is 11.3 Å². The van der Waals surface area contributed by atoms with Gasteiger partial charge in [0.1, 0.15) is 0 Å². The molecule has 144 valence electrons. The van der Waals surface area contributed by atoms with Gasteiger partial charge >= 0.3 is 0 Å². The summed E-state index contributed by atoms with van der Waals surface area (Å²) in [4.78, 5) is 22.3. The Balaban J connectivity index is 1.30. The lowest BCUT2D eigenvalue weighted by molar-refractivity contribution is -0.115. The van der Waals surface area contributed by atoms with Crippen molar-refractivity contribution < 1.29 is 4.79 Å². The van der Waals surface area contributed by atoms with Gasteiger partial charge in [0.05, 0.1) is 12.2 Å². The van der Waals surface area contributed by atoms with Crippen LogP contribution in [0, 0.1) is 0 Å². The molecule has 1 aliphatic rings. The Kier molecular flexibility index (Phi) is 5.78. The number of amides is 1. The number of nitrogens with one attached hydrogen (secondary N) is 2. The first-order chi connectivity index (χ1) is 13.7. The molecule has 4 rings (SSSR count). The zero-order chi connectivity index (χ0) is 19.3. The fraction of sp³-hybridized carbons (Fsp3) is 0.318. The summed E-state index contributed by atoms with van der Waals surface area (Å²) in [7, 11) is 0. The van der Waals surface area contributed by atoms with Crippen LogP contribution in [0.4, 0.5) is 5.13 Å². The van der Waals surface area contributed by atoms with Crippen molar-refractivity contribution in [2.75, 3.05) is 11.9 Å². The number of nitrogens with zero attached hydrogens (tertiary/aromatic N) is 2. The highest BCUT2D eigenvalue weighted by Gasteiger charge is 2.16. The lowest BCUT2D eigenvalue weighted by Crippen LogP contribution is -2.30. The number of aryl methyl sites for hydroxylation is 2. The molecule has 0 aliphatic heterocycles. The summed E-state index contributed by atoms with van der Waals surface area (Å²) >= 11 is 1.62. The Labute approximate surface area is 169 Å². The van der Waals surface area contributed by atoms with Gasteiger partial charge in [-0.25, -0.2) is 4.98 Å². The molecule has 1 aromatic carbocycles. The Bertz CT molecular complexity index is 913. The first-order valence-corrected chi connectivity index (χ1v) is 10.5. The second-order valence-electron chi connectivity index (χ2n) is 7.11. The molecule has 0 unspecified atom stereocenters. The third-order valence-corrected chi connectivity index (χ3v) is 6.14. The number of thiazole rings is 1. The maximum Gasteiger partial charge on any atom is 0.240 e. The third-order valence-electron chi connectivity index (χ3n) is 5.07. The molecular formula is C22H24N4OS. The SMILES string of the molecule is C[C@@H](NCC(=O)Nc1nc2c(s1)CCCC2)c1ccc(-c2cccnc2)cc1. The second kappa shape index (κ2) is 8.63. The fourth-order valence-electron chi connectivity index (χ4n) is 3.43. The highest BCUT2D eigenvalue weighted by atomic mass is 32.1. The Morgan fingerprint density at radius 1 is 1.14 bits per heavy atom. The number of carbonyl (C=O) groups is 1. The molecule has 2 N–H and O–H groups in total. The molecule has 0 bridgehead atoms. The molecule has 0 fully saturated rings. The van der Waals surface area contributed by atoms with E-state index in [0.29, 0.717) is 0 Å². The molecule has 2 aromatic heterocycles. The molecule has 1 amide bonds. The number of carbonyl (C=O) groups excluding carboxylic acids is 1. The van der Waals surface area contributed by atoms with Crippen LogP contribution in [0.25, 0.3) is 11.1 Å². The van der Waals surface area contributed by atoms with Gasteiger partial charge in [-0.05, 0) is 55.4 Å². The van der Waals surface area contributed by atoms with Crippen molar-refractivity contribution in [3.8, 4) is 11.1 Å². The van der Waals surface area contributed by atoms with Crippen molar-refractivity contribution in [2.24, 2.45) is 0 Å². The maximum absolute atomic E-state index is 12.3. The van der Waals surface area contributed by atoms with Crippen molar-refractivity contribution in [1.82, 2.24) is 15.3 Å². The molecule has 1 atom stereocenters. The smallest absolute Gasteiger partial charge is 0.240 e. The van der Waals surface area contributed by atoms with Gasteiger partial charge in [0.15, 0.2) is 5.13 Å². The van der Waals surface area contributed by atoms with Gasteiger partial charge in [-0.3, -0.25) is 9.78 Å². The summed E-state index contributed by atoms with van der Waals surface area (Å²) in [5, 5.41) is 6.96. The Hall–Kier alpha value is -2.57. The number of hydrogen-bond acceptors (Lipinski definition) is 5. The van der Waals surface area contributed by atoms with E-state index in [1.54, 1.807) is 17.5 Å². The number of fused-ring (bicyclic) bond motifs is 1. The van der Waals surface area contributed by atoms with Crippen LogP contribution in [0.1, 0.15) is 41.9 Å². The number of benzene rings is 1. The summed E-state index contributed by atoms with van der Waals surface area (Å²) in [5.74, 6) is -0.0510. The van der Waals surface area contributed by atoms with E-state index >= 15 is 0 Å². The number of aromatic nitrogens is 2. The molecule has 1 aliphatic carbocycles. The van der Waals surface area contributed by atoms with Crippen LogP contribution in [0.2, 0.25) is 0 Å². The summed E-state index contributed by atoms with van der Waals surface area (Å²) in [5.41, 5.74) is 4.54. The summed E-state index contributed by atoms with van der Waals surface area (Å²) in [6, 6.07) is 12.4. The van der Waals surface area contributed by atoms with Crippen LogP contribution in [-0.2, 0) is 17.6 Å². The normalized spacial score (nSPS) is 14.3. The zero-order valence-electron chi connectivity index (χ0n) is 15.9. The van der Waals surface area contributed by atoms with Crippen LogP contribution in [-0.4, -0.2) is 22.4 Å². The topological polar surface area (TPSA) is 66.9 Å². The van der Waals surface area contributed by atoms with Crippen molar-refractivity contribution >= 4 is 22.4 Å². The summed E-state index contributed by atoms with van der Waals surface area (Å²) in [6.07, 6.45) is 8.18. The van der Waals surface area contributed by atoms with Crippen LogP contribution in [0.5, 0.6) is 0 Å². The average molecular weight is 393 g/mol. The first-order valence-electron chi connectivity index (χ1n) is 9.71. The largest absolute Gasteiger partial charge is 0.302 e. The highest BCUT2D eigenvalue weighted by Crippen LogP contribution is 2.29. The summed E-state index contributed by atoms with van der Waals surface area (Å²) < 4.78 is 0. The molecule has 6 heteroatoms. The van der Waals surface area contributed by atoms with Crippen molar-refractivity contribution in [3.63, 3.8) is 0 Å². The maximum atomic E-state index is 12.3. The van der Waals surface area contributed by atoms with E-state index in [9.17, 15) is 4.79 Å². The molecule has 0 spiro atoms. The fourth-order valence-corrected chi connectivity index (χ4v) is 4.50. The number of rotatable bonds is 6. The Morgan fingerprint density at radius 3 is 2.71 bits per heavy atom. The minimum atomic E-state index is -0.0510. The van der Waals surface area contributed by atoms with Gasteiger partial charge < -0.3 is 10.6 Å². The predicted molar refractivity (Wildman–Crippen MR) is 113 cm³/mol. The minimum Gasteiger partial charge on any atom is -0.302 e. The van der Waals surface area contributed by atoms with Crippen molar-refractivity contribution in [1.29, 1.82) is 0 Å². The molecule has 2 heterocycles. The molecule has 0 radical (unpaired) electrons. The van der Waals surface area contributed by atoms with Crippen molar-refractivity contribution in [3.05, 3.63) is 64.9 Å². The van der Waals surface area contributed by atoms with Gasteiger partial charge in [-0.2, -0.15) is 0 Å². The van der Waals surface area contributed by atoms with Crippen molar-refractivity contribution in [2.45, 2.75) is 38.6 Å². The first kappa shape index (κ1) is 18.8.